The van der Waals surface area contributed by atoms with Crippen LogP contribution in [0.4, 0.5) is 4.79 Å². The van der Waals surface area contributed by atoms with Gasteiger partial charge in [-0.15, -0.1) is 0 Å². The second-order valence-electron chi connectivity index (χ2n) is 10.6. The molecule has 2 aromatic rings. The monoisotopic (exact) mass is 509 g/mol. The Morgan fingerprint density at radius 2 is 1.68 bits per heavy atom. The summed E-state index contributed by atoms with van der Waals surface area (Å²) in [4.78, 5) is 42.1. The van der Waals surface area contributed by atoms with Crippen LogP contribution in [0.3, 0.4) is 0 Å². The fourth-order valence-corrected chi connectivity index (χ4v) is 4.10. The molecule has 2 rings (SSSR count). The number of ether oxygens (including phenoxy) is 1. The molecule has 0 bridgehead atoms. The van der Waals surface area contributed by atoms with Crippen molar-refractivity contribution in [3.8, 4) is 0 Å². The average Bonchev–Trinajstić information content (AvgIpc) is 2.84. The van der Waals surface area contributed by atoms with Crippen LogP contribution < -0.4 is 10.6 Å². The largest absolute Gasteiger partial charge is 0.444 e. The maximum absolute atomic E-state index is 14.1. The first-order valence-electron chi connectivity index (χ1n) is 13.1. The van der Waals surface area contributed by atoms with Gasteiger partial charge >= 0.3 is 6.09 Å². The third kappa shape index (κ3) is 9.23. The Bertz CT molecular complexity index is 1030. The van der Waals surface area contributed by atoms with Crippen molar-refractivity contribution in [2.24, 2.45) is 5.92 Å². The molecule has 7 nitrogen and oxygen atoms in total. The maximum Gasteiger partial charge on any atom is 0.408 e. The van der Waals surface area contributed by atoms with E-state index in [1.54, 1.807) is 25.7 Å². The molecule has 2 aromatic carbocycles. The van der Waals surface area contributed by atoms with Crippen molar-refractivity contribution in [1.82, 2.24) is 15.5 Å². The molecular weight excluding hydrogens is 466 g/mol. The summed E-state index contributed by atoms with van der Waals surface area (Å²) in [6.07, 6.45) is 0.671. The molecular formula is C30H43N3O4. The molecule has 0 radical (unpaired) electrons. The number of carbonyl (C=O) groups is 3. The standard InChI is InChI=1S/C30H43N3O4/c1-8-18-33(28(35)25(22(4)9-2)32-29(36)37-30(5,6)7)26(24-17-13-14-21(3)19-24)27(34)31-20-23-15-11-10-12-16-23/h10-17,19,22,25-26H,8-9,18,20H2,1-7H3,(H,31,34)(H,32,36). The predicted octanol–water partition coefficient (Wildman–Crippen LogP) is 5.53. The normalized spacial score (nSPS) is 13.7. The van der Waals surface area contributed by atoms with Crippen molar-refractivity contribution < 1.29 is 19.1 Å². The van der Waals surface area contributed by atoms with Crippen LogP contribution in [0.2, 0.25) is 0 Å². The van der Waals surface area contributed by atoms with E-state index in [1.807, 2.05) is 82.3 Å². The van der Waals surface area contributed by atoms with Crippen molar-refractivity contribution in [2.75, 3.05) is 6.54 Å². The first-order valence-corrected chi connectivity index (χ1v) is 13.1. The van der Waals surface area contributed by atoms with Crippen molar-refractivity contribution >= 4 is 17.9 Å². The Morgan fingerprint density at radius 1 is 1.00 bits per heavy atom. The molecule has 3 amide bonds. The van der Waals surface area contributed by atoms with Gasteiger partial charge in [-0.3, -0.25) is 9.59 Å². The highest BCUT2D eigenvalue weighted by atomic mass is 16.6. The van der Waals surface area contributed by atoms with Crippen LogP contribution in [0, 0.1) is 12.8 Å². The number of alkyl carbamates (subject to hydrolysis) is 1. The molecule has 202 valence electrons. The quantitative estimate of drug-likeness (QED) is 0.417. The fourth-order valence-electron chi connectivity index (χ4n) is 4.10. The van der Waals surface area contributed by atoms with E-state index in [0.717, 1.165) is 16.7 Å². The summed E-state index contributed by atoms with van der Waals surface area (Å²) in [7, 11) is 0. The summed E-state index contributed by atoms with van der Waals surface area (Å²) in [6.45, 7) is 13.9. The van der Waals surface area contributed by atoms with E-state index >= 15 is 0 Å². The molecule has 0 aliphatic carbocycles. The van der Waals surface area contributed by atoms with E-state index < -0.39 is 23.8 Å². The van der Waals surface area contributed by atoms with E-state index in [-0.39, 0.29) is 17.7 Å². The molecule has 0 fully saturated rings. The average molecular weight is 510 g/mol. The molecule has 0 aromatic heterocycles. The highest BCUT2D eigenvalue weighted by molar-refractivity contribution is 5.92. The Labute approximate surface area is 222 Å². The number of rotatable bonds is 11. The van der Waals surface area contributed by atoms with Gasteiger partial charge in [0.1, 0.15) is 17.7 Å². The molecule has 2 N–H and O–H groups in total. The van der Waals surface area contributed by atoms with Gasteiger partial charge in [0, 0.05) is 13.1 Å². The van der Waals surface area contributed by atoms with Crippen molar-refractivity contribution in [2.45, 2.75) is 85.5 Å². The van der Waals surface area contributed by atoms with Gasteiger partial charge in [0.2, 0.25) is 11.8 Å². The Balaban J connectivity index is 2.44. The Kier molecular flexibility index (Phi) is 11.2. The Hall–Kier alpha value is -3.35. The van der Waals surface area contributed by atoms with Gasteiger partial charge in [0.15, 0.2) is 0 Å². The molecule has 3 unspecified atom stereocenters. The van der Waals surface area contributed by atoms with Crippen LogP contribution in [0.5, 0.6) is 0 Å². The van der Waals surface area contributed by atoms with Gasteiger partial charge < -0.3 is 20.3 Å². The lowest BCUT2D eigenvalue weighted by molar-refractivity contribution is -0.143. The summed E-state index contributed by atoms with van der Waals surface area (Å²) in [6, 6.07) is 15.6. The molecule has 0 spiro atoms. The summed E-state index contributed by atoms with van der Waals surface area (Å²) in [5.41, 5.74) is 1.99. The zero-order valence-electron chi connectivity index (χ0n) is 23.3. The number of amides is 3. The van der Waals surface area contributed by atoms with Crippen molar-refractivity contribution in [3.05, 3.63) is 71.3 Å². The highest BCUT2D eigenvalue weighted by Crippen LogP contribution is 2.26. The number of nitrogens with zero attached hydrogens (tertiary/aromatic N) is 1. The molecule has 37 heavy (non-hydrogen) atoms. The van der Waals surface area contributed by atoms with Gasteiger partial charge in [0.25, 0.3) is 0 Å². The first-order chi connectivity index (χ1) is 17.5. The second kappa shape index (κ2) is 13.8. The lowest BCUT2D eigenvalue weighted by atomic mass is 9.95. The van der Waals surface area contributed by atoms with E-state index in [1.165, 1.54) is 0 Å². The maximum atomic E-state index is 14.1. The van der Waals surface area contributed by atoms with Gasteiger partial charge in [0.05, 0.1) is 0 Å². The SMILES string of the molecule is CCCN(C(=O)C(NC(=O)OC(C)(C)C)C(C)CC)C(C(=O)NCc1ccccc1)c1cccc(C)c1. The summed E-state index contributed by atoms with van der Waals surface area (Å²) in [5, 5.41) is 5.81. The summed E-state index contributed by atoms with van der Waals surface area (Å²) in [5.74, 6) is -0.732. The van der Waals surface area contributed by atoms with Crippen LogP contribution >= 0.6 is 0 Å². The molecule has 7 heteroatoms. The third-order valence-corrected chi connectivity index (χ3v) is 6.13. The minimum atomic E-state index is -0.844. The van der Waals surface area contributed by atoms with E-state index in [0.29, 0.717) is 25.9 Å². The topological polar surface area (TPSA) is 87.7 Å². The zero-order chi connectivity index (χ0) is 27.6. The smallest absolute Gasteiger partial charge is 0.408 e. The number of hydrogen-bond acceptors (Lipinski definition) is 4. The fraction of sp³-hybridized carbons (Fsp3) is 0.500. The van der Waals surface area contributed by atoms with Gasteiger partial charge in [-0.2, -0.15) is 0 Å². The van der Waals surface area contributed by atoms with Crippen LogP contribution in [0.15, 0.2) is 54.6 Å². The van der Waals surface area contributed by atoms with Crippen LogP contribution in [-0.4, -0.2) is 41.0 Å². The minimum absolute atomic E-state index is 0.162. The lowest BCUT2D eigenvalue weighted by Crippen LogP contribution is -2.55. The summed E-state index contributed by atoms with van der Waals surface area (Å²) < 4.78 is 5.45. The number of hydrogen-bond donors (Lipinski definition) is 2. The molecule has 0 aliphatic heterocycles. The van der Waals surface area contributed by atoms with Gasteiger partial charge in [-0.1, -0.05) is 87.4 Å². The number of nitrogens with one attached hydrogen (secondary N) is 2. The van der Waals surface area contributed by atoms with Gasteiger partial charge in [-0.25, -0.2) is 4.79 Å². The van der Waals surface area contributed by atoms with Gasteiger partial charge in [-0.05, 0) is 51.2 Å². The first kappa shape index (κ1) is 29.9. The molecule has 0 saturated carbocycles. The predicted molar refractivity (Wildman–Crippen MR) is 147 cm³/mol. The van der Waals surface area contributed by atoms with Crippen LogP contribution in [0.1, 0.15) is 77.1 Å². The molecule has 0 aliphatic rings. The van der Waals surface area contributed by atoms with Crippen LogP contribution in [0.25, 0.3) is 0 Å². The van der Waals surface area contributed by atoms with E-state index in [9.17, 15) is 14.4 Å². The lowest BCUT2D eigenvalue weighted by Gasteiger charge is -2.36. The van der Waals surface area contributed by atoms with E-state index in [4.69, 9.17) is 4.74 Å². The number of aryl methyl sites for hydroxylation is 1. The third-order valence-electron chi connectivity index (χ3n) is 6.13. The number of carbonyl (C=O) groups excluding carboxylic acids is 3. The second-order valence-corrected chi connectivity index (χ2v) is 10.6. The molecule has 0 heterocycles. The minimum Gasteiger partial charge on any atom is -0.444 e. The van der Waals surface area contributed by atoms with Crippen LogP contribution in [-0.2, 0) is 20.9 Å². The zero-order valence-corrected chi connectivity index (χ0v) is 23.3. The highest BCUT2D eigenvalue weighted by Gasteiger charge is 2.37. The molecule has 0 saturated heterocycles. The van der Waals surface area contributed by atoms with Crippen molar-refractivity contribution in [3.63, 3.8) is 0 Å². The van der Waals surface area contributed by atoms with E-state index in [2.05, 4.69) is 10.6 Å². The number of benzene rings is 2. The van der Waals surface area contributed by atoms with Crippen molar-refractivity contribution in [1.29, 1.82) is 0 Å². The molecule has 3 atom stereocenters. The summed E-state index contributed by atoms with van der Waals surface area (Å²) >= 11 is 0. The Morgan fingerprint density at radius 3 is 2.24 bits per heavy atom.